The van der Waals surface area contributed by atoms with Crippen LogP contribution in [0, 0.1) is 6.92 Å². The van der Waals surface area contributed by atoms with Gasteiger partial charge in [-0.2, -0.15) is 5.10 Å². The van der Waals surface area contributed by atoms with Gasteiger partial charge < -0.3 is 4.74 Å². The predicted octanol–water partition coefficient (Wildman–Crippen LogP) is 5.28. The fourth-order valence-corrected chi connectivity index (χ4v) is 2.68. The molecule has 0 aliphatic carbocycles. The number of esters is 1. The summed E-state index contributed by atoms with van der Waals surface area (Å²) in [6.45, 7) is 1.94. The number of nitrogens with one attached hydrogen (secondary N) is 1. The summed E-state index contributed by atoms with van der Waals surface area (Å²) in [6, 6.07) is 18.4. The number of hydrogen-bond acceptors (Lipinski definition) is 4. The molecule has 0 aliphatic rings. The number of rotatable bonds is 5. The molecule has 0 saturated carbocycles. The van der Waals surface area contributed by atoms with Crippen molar-refractivity contribution in [1.82, 2.24) is 5.43 Å². The number of halogens is 2. The van der Waals surface area contributed by atoms with E-state index in [0.29, 0.717) is 27.5 Å². The summed E-state index contributed by atoms with van der Waals surface area (Å²) in [5.74, 6) is -0.510. The minimum Gasteiger partial charge on any atom is -0.423 e. The number of amides is 1. The van der Waals surface area contributed by atoms with Crippen LogP contribution in [0.15, 0.2) is 71.8 Å². The van der Waals surface area contributed by atoms with Gasteiger partial charge in [0.2, 0.25) is 0 Å². The van der Waals surface area contributed by atoms with Crippen LogP contribution < -0.4 is 10.2 Å². The molecule has 3 rings (SSSR count). The van der Waals surface area contributed by atoms with Crippen molar-refractivity contribution in [2.45, 2.75) is 6.92 Å². The zero-order valence-corrected chi connectivity index (χ0v) is 16.9. The quantitative estimate of drug-likeness (QED) is 0.261. The number of aryl methyl sites for hydroxylation is 1. The first-order valence-corrected chi connectivity index (χ1v) is 9.35. The number of benzene rings is 3. The molecular formula is C22H16Cl2N2O3. The molecule has 5 nitrogen and oxygen atoms in total. The van der Waals surface area contributed by atoms with Crippen LogP contribution in [0.1, 0.15) is 31.8 Å². The van der Waals surface area contributed by atoms with Gasteiger partial charge in [0.1, 0.15) is 5.75 Å². The number of ether oxygens (including phenoxy) is 1. The first kappa shape index (κ1) is 20.6. The molecule has 1 amide bonds. The third-order valence-electron chi connectivity index (χ3n) is 3.92. The molecule has 7 heteroatoms. The molecule has 0 atom stereocenters. The molecule has 0 aromatic heterocycles. The molecule has 0 bridgehead atoms. The minimum absolute atomic E-state index is 0.284. The van der Waals surface area contributed by atoms with Gasteiger partial charge in [0.05, 0.1) is 21.8 Å². The van der Waals surface area contributed by atoms with E-state index in [-0.39, 0.29) is 5.02 Å². The van der Waals surface area contributed by atoms with Gasteiger partial charge in [-0.3, -0.25) is 4.79 Å². The summed E-state index contributed by atoms with van der Waals surface area (Å²) in [7, 11) is 0. The van der Waals surface area contributed by atoms with Crippen molar-refractivity contribution in [3.05, 3.63) is 99.0 Å². The van der Waals surface area contributed by atoms with E-state index >= 15 is 0 Å². The SMILES string of the molecule is Cc1ccc(C(=O)Oc2cccc(/C=N\NC(=O)c3ccc(Cl)c(Cl)c3)c2)cc1. The Balaban J connectivity index is 1.63. The average Bonchev–Trinajstić information content (AvgIpc) is 2.70. The molecule has 0 unspecified atom stereocenters. The average molecular weight is 427 g/mol. The third kappa shape index (κ3) is 5.67. The first-order chi connectivity index (χ1) is 13.9. The van der Waals surface area contributed by atoms with Gasteiger partial charge in [0, 0.05) is 5.56 Å². The van der Waals surface area contributed by atoms with E-state index in [2.05, 4.69) is 10.5 Å². The zero-order valence-electron chi connectivity index (χ0n) is 15.4. The summed E-state index contributed by atoms with van der Waals surface area (Å²) >= 11 is 11.7. The van der Waals surface area contributed by atoms with Gasteiger partial charge in [0.25, 0.3) is 5.91 Å². The summed E-state index contributed by atoms with van der Waals surface area (Å²) in [4.78, 5) is 24.3. The summed E-state index contributed by atoms with van der Waals surface area (Å²) in [5, 5.41) is 4.57. The standard InChI is InChI=1S/C22H16Cl2N2O3/c1-14-5-7-16(8-6-14)22(28)29-18-4-2-3-15(11-18)13-25-26-21(27)17-9-10-19(23)20(24)12-17/h2-13H,1H3,(H,26,27)/b25-13-. The second-order valence-electron chi connectivity index (χ2n) is 6.16. The van der Waals surface area contributed by atoms with Gasteiger partial charge in [-0.1, -0.05) is 53.0 Å². The highest BCUT2D eigenvalue weighted by molar-refractivity contribution is 6.42. The van der Waals surface area contributed by atoms with Crippen LogP contribution in [0.25, 0.3) is 0 Å². The number of carbonyl (C=O) groups is 2. The van der Waals surface area contributed by atoms with Crippen LogP contribution in [-0.2, 0) is 0 Å². The summed E-state index contributed by atoms with van der Waals surface area (Å²) in [5.41, 5.74) is 4.90. The third-order valence-corrected chi connectivity index (χ3v) is 4.66. The van der Waals surface area contributed by atoms with E-state index < -0.39 is 11.9 Å². The molecule has 29 heavy (non-hydrogen) atoms. The minimum atomic E-state index is -0.452. The van der Waals surface area contributed by atoms with Crippen molar-refractivity contribution in [3.63, 3.8) is 0 Å². The van der Waals surface area contributed by atoms with Crippen molar-refractivity contribution < 1.29 is 14.3 Å². The molecule has 0 spiro atoms. The van der Waals surface area contributed by atoms with Crippen molar-refractivity contribution >= 4 is 41.3 Å². The molecular weight excluding hydrogens is 411 g/mol. The van der Waals surface area contributed by atoms with Crippen molar-refractivity contribution in [1.29, 1.82) is 0 Å². The maximum absolute atomic E-state index is 12.2. The van der Waals surface area contributed by atoms with Crippen molar-refractivity contribution in [3.8, 4) is 5.75 Å². The van der Waals surface area contributed by atoms with Gasteiger partial charge in [-0.05, 0) is 55.0 Å². The molecule has 3 aromatic rings. The van der Waals surface area contributed by atoms with Gasteiger partial charge in [-0.25, -0.2) is 10.2 Å². The van der Waals surface area contributed by atoms with Crippen molar-refractivity contribution in [2.75, 3.05) is 0 Å². The number of hydrogen-bond donors (Lipinski definition) is 1. The Kier molecular flexibility index (Phi) is 6.65. The van der Waals surface area contributed by atoms with E-state index in [1.54, 1.807) is 42.5 Å². The Labute approximate surface area is 177 Å². The highest BCUT2D eigenvalue weighted by Crippen LogP contribution is 2.22. The Morgan fingerprint density at radius 3 is 2.38 bits per heavy atom. The smallest absolute Gasteiger partial charge is 0.343 e. The van der Waals surface area contributed by atoms with E-state index in [1.165, 1.54) is 18.3 Å². The van der Waals surface area contributed by atoms with Gasteiger partial charge >= 0.3 is 5.97 Å². The Morgan fingerprint density at radius 1 is 0.931 bits per heavy atom. The predicted molar refractivity (Wildman–Crippen MR) is 114 cm³/mol. The fourth-order valence-electron chi connectivity index (χ4n) is 2.38. The van der Waals surface area contributed by atoms with E-state index in [4.69, 9.17) is 27.9 Å². The lowest BCUT2D eigenvalue weighted by molar-refractivity contribution is 0.0734. The first-order valence-electron chi connectivity index (χ1n) is 8.60. The van der Waals surface area contributed by atoms with E-state index in [1.807, 2.05) is 19.1 Å². The van der Waals surface area contributed by atoms with Crippen LogP contribution >= 0.6 is 23.2 Å². The second-order valence-corrected chi connectivity index (χ2v) is 6.97. The molecule has 146 valence electrons. The lowest BCUT2D eigenvalue weighted by Crippen LogP contribution is -2.17. The monoisotopic (exact) mass is 426 g/mol. The van der Waals surface area contributed by atoms with Gasteiger partial charge in [0.15, 0.2) is 0 Å². The van der Waals surface area contributed by atoms with Crippen molar-refractivity contribution in [2.24, 2.45) is 5.10 Å². The molecule has 0 radical (unpaired) electrons. The van der Waals surface area contributed by atoms with Crippen LogP contribution in [0.3, 0.4) is 0 Å². The lowest BCUT2D eigenvalue weighted by atomic mass is 10.1. The fraction of sp³-hybridized carbons (Fsp3) is 0.0455. The highest BCUT2D eigenvalue weighted by Gasteiger charge is 2.09. The zero-order chi connectivity index (χ0) is 20.8. The maximum atomic E-state index is 12.2. The molecule has 1 N–H and O–H groups in total. The molecule has 0 saturated heterocycles. The Hall–Kier alpha value is -3.15. The molecule has 3 aromatic carbocycles. The Bertz CT molecular complexity index is 1080. The summed E-state index contributed by atoms with van der Waals surface area (Å²) in [6.07, 6.45) is 1.44. The summed E-state index contributed by atoms with van der Waals surface area (Å²) < 4.78 is 5.39. The van der Waals surface area contributed by atoms with E-state index in [0.717, 1.165) is 5.56 Å². The maximum Gasteiger partial charge on any atom is 0.343 e. The molecule has 0 heterocycles. The largest absolute Gasteiger partial charge is 0.423 e. The normalized spacial score (nSPS) is 10.7. The number of nitrogens with zero attached hydrogens (tertiary/aromatic N) is 1. The number of carbonyl (C=O) groups excluding carboxylic acids is 2. The lowest BCUT2D eigenvalue weighted by Gasteiger charge is -2.05. The van der Waals surface area contributed by atoms with Crippen LogP contribution in [0.4, 0.5) is 0 Å². The highest BCUT2D eigenvalue weighted by atomic mass is 35.5. The van der Waals surface area contributed by atoms with Gasteiger partial charge in [-0.15, -0.1) is 0 Å². The topological polar surface area (TPSA) is 67.8 Å². The van der Waals surface area contributed by atoms with Crippen LogP contribution in [0.5, 0.6) is 5.75 Å². The number of hydrazone groups is 1. The Morgan fingerprint density at radius 2 is 1.66 bits per heavy atom. The van der Waals surface area contributed by atoms with E-state index in [9.17, 15) is 9.59 Å². The molecule has 0 fully saturated rings. The van der Waals surface area contributed by atoms with Crippen LogP contribution in [0.2, 0.25) is 10.0 Å². The second kappa shape index (κ2) is 9.37. The molecule has 0 aliphatic heterocycles. The van der Waals surface area contributed by atoms with Crippen LogP contribution in [-0.4, -0.2) is 18.1 Å².